The Balaban J connectivity index is 1.95. The first-order valence-corrected chi connectivity index (χ1v) is 14.4. The van der Waals surface area contributed by atoms with Gasteiger partial charge in [-0.1, -0.05) is 71.1 Å². The van der Waals surface area contributed by atoms with Crippen LogP contribution in [0, 0.1) is 0 Å². The highest BCUT2D eigenvalue weighted by Crippen LogP contribution is 2.39. The first-order valence-electron chi connectivity index (χ1n) is 14.4. The number of ether oxygens (including phenoxy) is 4. The van der Waals surface area contributed by atoms with Gasteiger partial charge in [-0.2, -0.15) is 0 Å². The summed E-state index contributed by atoms with van der Waals surface area (Å²) in [6.07, 6.45) is 16.2. The maximum Gasteiger partial charge on any atom is 0.192 e. The second-order valence-corrected chi connectivity index (χ2v) is 9.62. The summed E-state index contributed by atoms with van der Waals surface area (Å²) in [6, 6.07) is 10.9. The molecule has 3 aromatic rings. The lowest BCUT2D eigenvalue weighted by atomic mass is 9.99. The quantitative estimate of drug-likeness (QED) is 0.0729. The Labute approximate surface area is 239 Å². The minimum atomic E-state index is -0.0710. The highest BCUT2D eigenvalue weighted by molar-refractivity contribution is 6.10. The number of benzene rings is 2. The van der Waals surface area contributed by atoms with Crippen molar-refractivity contribution in [3.8, 4) is 28.7 Å². The van der Waals surface area contributed by atoms with Crippen molar-refractivity contribution in [2.24, 2.45) is 0 Å². The lowest BCUT2D eigenvalue weighted by Crippen LogP contribution is -2.06. The summed E-state index contributed by atoms with van der Waals surface area (Å²) in [4.78, 5) is 18.1. The van der Waals surface area contributed by atoms with Crippen LogP contribution in [0.2, 0.25) is 0 Å². The van der Waals surface area contributed by atoms with Gasteiger partial charge in [0.1, 0.15) is 17.2 Å². The molecule has 0 saturated heterocycles. The molecule has 214 valence electrons. The average molecular weight is 546 g/mol. The average Bonchev–Trinajstić information content (AvgIpc) is 2.98. The third-order valence-corrected chi connectivity index (χ3v) is 6.73. The number of ketones is 1. The van der Waals surface area contributed by atoms with Crippen molar-refractivity contribution in [2.45, 2.75) is 72.1 Å². The summed E-state index contributed by atoms with van der Waals surface area (Å²) in [6.45, 7) is 6.89. The van der Waals surface area contributed by atoms with Crippen LogP contribution in [-0.2, 0) is 0 Å². The molecule has 40 heavy (non-hydrogen) atoms. The maximum absolute atomic E-state index is 13.7. The zero-order valence-electron chi connectivity index (χ0n) is 24.6. The molecule has 0 aliphatic carbocycles. The molecular formula is C34H43NO5. The van der Waals surface area contributed by atoms with Crippen LogP contribution in [0.5, 0.6) is 28.7 Å². The van der Waals surface area contributed by atoms with Gasteiger partial charge in [-0.15, -0.1) is 0 Å². The van der Waals surface area contributed by atoms with E-state index >= 15 is 0 Å². The van der Waals surface area contributed by atoms with Gasteiger partial charge in [0.15, 0.2) is 17.3 Å². The van der Waals surface area contributed by atoms with Gasteiger partial charge in [-0.3, -0.25) is 9.78 Å². The summed E-state index contributed by atoms with van der Waals surface area (Å²) in [7, 11) is 3.18. The van der Waals surface area contributed by atoms with Crippen molar-refractivity contribution in [3.63, 3.8) is 0 Å². The van der Waals surface area contributed by atoms with E-state index in [1.54, 1.807) is 32.5 Å². The molecule has 0 aliphatic heterocycles. The Kier molecular flexibility index (Phi) is 12.6. The normalized spacial score (nSPS) is 11.7. The summed E-state index contributed by atoms with van der Waals surface area (Å²) < 4.78 is 23.5. The van der Waals surface area contributed by atoms with Gasteiger partial charge < -0.3 is 18.9 Å². The number of hydrogen-bond donors (Lipinski definition) is 0. The number of Topliss-reactive ketones (excluding diaryl/α,β-unsaturated/α-hetero) is 1. The van der Waals surface area contributed by atoms with E-state index in [2.05, 4.69) is 18.8 Å². The van der Waals surface area contributed by atoms with Crippen LogP contribution < -0.4 is 18.9 Å². The minimum Gasteiger partial charge on any atom is -0.493 e. The smallest absolute Gasteiger partial charge is 0.192 e. The second kappa shape index (κ2) is 16.3. The molecule has 3 rings (SSSR count). The number of unbranched alkanes of at least 4 members (excludes halogenated alkanes) is 5. The highest BCUT2D eigenvalue weighted by atomic mass is 16.5. The standard InChI is InChI=1S/C34H43NO5/c1-6-9-11-12-13-15-21-39-26-17-18-27(34(36)25(8-3)16-14-10-7-2)31(22-26)40-30-19-20-35-29-24-33(38-5)32(37-4)23-28(29)30/h10,14,16-20,22-24H,6-9,11-13,15,21H2,1-5H3/b14-10-,25-16+. The molecule has 0 amide bonds. The van der Waals surface area contributed by atoms with E-state index in [9.17, 15) is 4.79 Å². The molecule has 0 saturated carbocycles. The Bertz CT molecular complexity index is 1310. The van der Waals surface area contributed by atoms with E-state index in [-0.39, 0.29) is 5.78 Å². The van der Waals surface area contributed by atoms with Gasteiger partial charge in [0.05, 0.1) is 31.9 Å². The number of hydrogen-bond acceptors (Lipinski definition) is 6. The van der Waals surface area contributed by atoms with Crippen molar-refractivity contribution in [1.29, 1.82) is 0 Å². The van der Waals surface area contributed by atoms with Crippen LogP contribution in [0.3, 0.4) is 0 Å². The van der Waals surface area contributed by atoms with Crippen molar-refractivity contribution < 1.29 is 23.7 Å². The van der Waals surface area contributed by atoms with Gasteiger partial charge in [-0.25, -0.2) is 0 Å². The second-order valence-electron chi connectivity index (χ2n) is 9.62. The predicted molar refractivity (Wildman–Crippen MR) is 162 cm³/mol. The number of aromatic nitrogens is 1. The largest absolute Gasteiger partial charge is 0.493 e. The molecule has 1 aromatic heterocycles. The fraction of sp³-hybridized carbons (Fsp3) is 0.412. The van der Waals surface area contributed by atoms with Crippen molar-refractivity contribution in [1.82, 2.24) is 4.98 Å². The summed E-state index contributed by atoms with van der Waals surface area (Å²) >= 11 is 0. The van der Waals surface area contributed by atoms with Gasteiger partial charge in [-0.05, 0) is 49.1 Å². The molecule has 2 aromatic carbocycles. The predicted octanol–water partition coefficient (Wildman–Crippen LogP) is 9.27. The molecule has 0 aliphatic rings. The van der Waals surface area contributed by atoms with Gasteiger partial charge >= 0.3 is 0 Å². The molecule has 0 atom stereocenters. The third kappa shape index (κ3) is 8.35. The van der Waals surface area contributed by atoms with Crippen molar-refractivity contribution >= 4 is 16.7 Å². The molecule has 0 unspecified atom stereocenters. The molecule has 0 fully saturated rings. The number of carbonyl (C=O) groups excluding carboxylic acids is 1. The number of pyridine rings is 1. The van der Waals surface area contributed by atoms with Crippen LogP contribution in [0.4, 0.5) is 0 Å². The van der Waals surface area contributed by atoms with Crippen LogP contribution in [0.1, 0.15) is 82.5 Å². The Hall–Kier alpha value is -3.80. The topological polar surface area (TPSA) is 66.9 Å². The lowest BCUT2D eigenvalue weighted by Gasteiger charge is -2.16. The summed E-state index contributed by atoms with van der Waals surface area (Å²) in [5.74, 6) is 2.74. The van der Waals surface area contributed by atoms with Gasteiger partial charge in [0.2, 0.25) is 0 Å². The van der Waals surface area contributed by atoms with Crippen LogP contribution in [-0.4, -0.2) is 31.6 Å². The number of allylic oxidation sites excluding steroid dienone is 4. The Morgan fingerprint density at radius 1 is 0.850 bits per heavy atom. The fourth-order valence-corrected chi connectivity index (χ4v) is 4.44. The number of nitrogens with zero attached hydrogens (tertiary/aromatic N) is 1. The number of rotatable bonds is 17. The molecule has 0 bridgehead atoms. The van der Waals surface area contributed by atoms with Gasteiger partial charge in [0, 0.05) is 23.7 Å². The number of fused-ring (bicyclic) bond motifs is 1. The molecule has 6 heteroatoms. The molecule has 0 radical (unpaired) electrons. The first-order chi connectivity index (χ1) is 19.6. The zero-order valence-corrected chi connectivity index (χ0v) is 24.6. The molecule has 1 heterocycles. The van der Waals surface area contributed by atoms with E-state index in [0.29, 0.717) is 58.4 Å². The van der Waals surface area contributed by atoms with E-state index < -0.39 is 0 Å². The Morgan fingerprint density at radius 3 is 2.33 bits per heavy atom. The lowest BCUT2D eigenvalue weighted by molar-refractivity contribution is 0.102. The third-order valence-electron chi connectivity index (χ3n) is 6.73. The minimum absolute atomic E-state index is 0.0710. The molecule has 6 nitrogen and oxygen atoms in total. The summed E-state index contributed by atoms with van der Waals surface area (Å²) in [5, 5.41) is 0.745. The maximum atomic E-state index is 13.7. The SMILES string of the molecule is CC/C=C\C=C(/CC)C(=O)c1ccc(OCCCCCCCC)cc1Oc1ccnc2cc(OC)c(OC)cc12. The first kappa shape index (κ1) is 30.7. The van der Waals surface area contributed by atoms with Crippen LogP contribution in [0.15, 0.2) is 66.4 Å². The monoisotopic (exact) mass is 545 g/mol. The van der Waals surface area contributed by atoms with Crippen molar-refractivity contribution in [2.75, 3.05) is 20.8 Å². The van der Waals surface area contributed by atoms with E-state index in [4.69, 9.17) is 18.9 Å². The number of carbonyl (C=O) groups is 1. The fourth-order valence-electron chi connectivity index (χ4n) is 4.44. The highest BCUT2D eigenvalue weighted by Gasteiger charge is 2.19. The molecule has 0 N–H and O–H groups in total. The molecular weight excluding hydrogens is 502 g/mol. The van der Waals surface area contributed by atoms with Crippen LogP contribution >= 0.6 is 0 Å². The van der Waals surface area contributed by atoms with Crippen LogP contribution in [0.25, 0.3) is 10.9 Å². The Morgan fingerprint density at radius 2 is 1.60 bits per heavy atom. The zero-order chi connectivity index (χ0) is 28.7. The number of methoxy groups -OCH3 is 2. The van der Waals surface area contributed by atoms with Gasteiger partial charge in [0.25, 0.3) is 0 Å². The van der Waals surface area contributed by atoms with E-state index in [1.165, 1.54) is 25.7 Å². The van der Waals surface area contributed by atoms with E-state index in [0.717, 1.165) is 24.6 Å². The van der Waals surface area contributed by atoms with Crippen molar-refractivity contribution in [3.05, 3.63) is 72.0 Å². The summed E-state index contributed by atoms with van der Waals surface area (Å²) in [5.41, 5.74) is 1.88. The van der Waals surface area contributed by atoms with E-state index in [1.807, 2.05) is 49.4 Å². The molecule has 0 spiro atoms.